The highest BCUT2D eigenvalue weighted by atomic mass is 35.5. The van der Waals surface area contributed by atoms with Gasteiger partial charge in [0.25, 0.3) is 5.91 Å². The summed E-state index contributed by atoms with van der Waals surface area (Å²) in [4.78, 5) is 16.1. The third-order valence-electron chi connectivity index (χ3n) is 2.94. The van der Waals surface area contributed by atoms with E-state index < -0.39 is 11.7 Å². The third kappa shape index (κ3) is 3.31. The zero-order chi connectivity index (χ0) is 15.4. The molecule has 0 atom stereocenters. The van der Waals surface area contributed by atoms with Gasteiger partial charge in [0.1, 0.15) is 0 Å². The fourth-order valence-electron chi connectivity index (χ4n) is 1.88. The van der Waals surface area contributed by atoms with Gasteiger partial charge in [0.05, 0.1) is 16.3 Å². The summed E-state index contributed by atoms with van der Waals surface area (Å²) < 4.78 is 14.2. The maximum Gasteiger partial charge on any atom is 0.258 e. The molecule has 0 unspecified atom stereocenters. The van der Waals surface area contributed by atoms with Gasteiger partial charge in [-0.2, -0.15) is 0 Å². The minimum absolute atomic E-state index is 0.0565. The number of anilines is 2. The fraction of sp³-hybridized carbons (Fsp3) is 0.200. The van der Waals surface area contributed by atoms with E-state index in [0.717, 1.165) is 5.56 Å². The number of aryl methyl sites for hydroxylation is 1. The van der Waals surface area contributed by atoms with Crippen LogP contribution in [0.1, 0.15) is 22.8 Å². The maximum atomic E-state index is 14.2. The highest BCUT2D eigenvalue weighted by Crippen LogP contribution is 2.26. The summed E-state index contributed by atoms with van der Waals surface area (Å²) in [5.41, 5.74) is 1.20. The van der Waals surface area contributed by atoms with Crippen LogP contribution >= 0.6 is 11.6 Å². The molecule has 1 heterocycles. The minimum atomic E-state index is -0.679. The Hall–Kier alpha value is -2.14. The Bertz CT molecular complexity index is 656. The first-order valence-electron chi connectivity index (χ1n) is 6.49. The summed E-state index contributed by atoms with van der Waals surface area (Å²) in [5.74, 6) is -1.19. The van der Waals surface area contributed by atoms with Gasteiger partial charge in [-0.15, -0.1) is 0 Å². The van der Waals surface area contributed by atoms with Gasteiger partial charge in [0.2, 0.25) is 0 Å². The molecule has 0 saturated heterocycles. The highest BCUT2D eigenvalue weighted by molar-refractivity contribution is 6.34. The molecule has 2 aromatic rings. The second-order valence-electron chi connectivity index (χ2n) is 4.44. The summed E-state index contributed by atoms with van der Waals surface area (Å²) in [6.45, 7) is 4.15. The van der Waals surface area contributed by atoms with Gasteiger partial charge >= 0.3 is 0 Å². The topological polar surface area (TPSA) is 54.0 Å². The van der Waals surface area contributed by atoms with Crippen molar-refractivity contribution in [2.24, 2.45) is 0 Å². The number of hydrogen-bond acceptors (Lipinski definition) is 3. The molecule has 0 spiro atoms. The number of carbonyl (C=O) groups is 1. The van der Waals surface area contributed by atoms with Crippen LogP contribution in [0, 0.1) is 12.7 Å². The number of aromatic nitrogens is 1. The Morgan fingerprint density at radius 1 is 1.38 bits per heavy atom. The zero-order valence-corrected chi connectivity index (χ0v) is 12.5. The normalized spacial score (nSPS) is 10.3. The lowest BCUT2D eigenvalue weighted by Crippen LogP contribution is -2.16. The van der Waals surface area contributed by atoms with Crippen LogP contribution in [0.25, 0.3) is 0 Å². The molecule has 0 saturated carbocycles. The van der Waals surface area contributed by atoms with Crippen LogP contribution in [0.5, 0.6) is 0 Å². The standard InChI is InChI=1S/C15H15ClFN3O/c1-3-18-14-12(17)10(7-8-19-14)15(21)20-13-9(2)5-4-6-11(13)16/h4-8H,3H2,1-2H3,(H,18,19)(H,20,21). The first-order valence-corrected chi connectivity index (χ1v) is 6.87. The summed E-state index contributed by atoms with van der Waals surface area (Å²) in [7, 11) is 0. The van der Waals surface area contributed by atoms with Crippen molar-refractivity contribution in [1.82, 2.24) is 4.98 Å². The number of hydrogen-bond donors (Lipinski definition) is 2. The molecule has 21 heavy (non-hydrogen) atoms. The smallest absolute Gasteiger partial charge is 0.258 e. The van der Waals surface area contributed by atoms with E-state index in [2.05, 4.69) is 15.6 Å². The first kappa shape index (κ1) is 15.3. The van der Waals surface area contributed by atoms with Crippen molar-refractivity contribution in [2.45, 2.75) is 13.8 Å². The molecule has 1 aromatic heterocycles. The van der Waals surface area contributed by atoms with E-state index in [1.165, 1.54) is 12.3 Å². The predicted molar refractivity (Wildman–Crippen MR) is 82.5 cm³/mol. The van der Waals surface area contributed by atoms with Gasteiger partial charge in [0.15, 0.2) is 11.6 Å². The van der Waals surface area contributed by atoms with E-state index in [0.29, 0.717) is 17.3 Å². The summed E-state index contributed by atoms with van der Waals surface area (Å²) in [6, 6.07) is 6.59. The second kappa shape index (κ2) is 6.54. The molecule has 1 amide bonds. The summed E-state index contributed by atoms with van der Waals surface area (Å²) in [6.07, 6.45) is 1.38. The molecule has 0 aliphatic heterocycles. The average molecular weight is 308 g/mol. The molecule has 1 aromatic carbocycles. The molecular formula is C15H15ClFN3O. The first-order chi connectivity index (χ1) is 10.0. The number of nitrogens with one attached hydrogen (secondary N) is 2. The van der Waals surface area contributed by atoms with E-state index in [9.17, 15) is 9.18 Å². The molecule has 0 aliphatic rings. The molecule has 0 fully saturated rings. The number of para-hydroxylation sites is 1. The number of rotatable bonds is 4. The van der Waals surface area contributed by atoms with Crippen LogP contribution < -0.4 is 10.6 Å². The van der Waals surface area contributed by atoms with Crippen molar-refractivity contribution < 1.29 is 9.18 Å². The van der Waals surface area contributed by atoms with Gasteiger partial charge in [-0.05, 0) is 31.5 Å². The predicted octanol–water partition coefficient (Wildman–Crippen LogP) is 3.87. The van der Waals surface area contributed by atoms with Gasteiger partial charge < -0.3 is 10.6 Å². The SMILES string of the molecule is CCNc1nccc(C(=O)Nc2c(C)cccc2Cl)c1F. The number of benzene rings is 1. The Kier molecular flexibility index (Phi) is 4.75. The quantitative estimate of drug-likeness (QED) is 0.901. The van der Waals surface area contributed by atoms with E-state index in [1.807, 2.05) is 19.9 Å². The average Bonchev–Trinajstić information content (AvgIpc) is 2.45. The minimum Gasteiger partial charge on any atom is -0.368 e. The number of amides is 1. The lowest BCUT2D eigenvalue weighted by atomic mass is 10.1. The van der Waals surface area contributed by atoms with Crippen LogP contribution in [0.2, 0.25) is 5.02 Å². The summed E-state index contributed by atoms with van der Waals surface area (Å²) >= 11 is 6.05. The molecule has 6 heteroatoms. The summed E-state index contributed by atoms with van der Waals surface area (Å²) in [5, 5.41) is 5.81. The van der Waals surface area contributed by atoms with Crippen molar-refractivity contribution in [3.63, 3.8) is 0 Å². The largest absolute Gasteiger partial charge is 0.368 e. The van der Waals surface area contributed by atoms with Crippen molar-refractivity contribution in [2.75, 3.05) is 17.2 Å². The van der Waals surface area contributed by atoms with Crippen LogP contribution in [0.4, 0.5) is 15.9 Å². The maximum absolute atomic E-state index is 14.2. The van der Waals surface area contributed by atoms with Crippen molar-refractivity contribution >= 4 is 29.0 Å². The number of carbonyl (C=O) groups excluding carboxylic acids is 1. The van der Waals surface area contributed by atoms with Crippen LogP contribution in [0.15, 0.2) is 30.5 Å². The van der Waals surface area contributed by atoms with Crippen LogP contribution in [0.3, 0.4) is 0 Å². The Morgan fingerprint density at radius 2 is 2.14 bits per heavy atom. The van der Waals surface area contributed by atoms with Crippen molar-refractivity contribution in [3.05, 3.63) is 52.4 Å². The van der Waals surface area contributed by atoms with Gasteiger partial charge in [0, 0.05) is 12.7 Å². The third-order valence-corrected chi connectivity index (χ3v) is 3.25. The Balaban J connectivity index is 2.31. The zero-order valence-electron chi connectivity index (χ0n) is 11.7. The van der Waals surface area contributed by atoms with Crippen molar-refractivity contribution in [1.29, 1.82) is 0 Å². The second-order valence-corrected chi connectivity index (χ2v) is 4.84. The van der Waals surface area contributed by atoms with Crippen molar-refractivity contribution in [3.8, 4) is 0 Å². The molecule has 0 radical (unpaired) electrons. The Labute approximate surface area is 127 Å². The van der Waals surface area contributed by atoms with E-state index in [1.54, 1.807) is 12.1 Å². The van der Waals surface area contributed by atoms with E-state index in [-0.39, 0.29) is 11.4 Å². The lowest BCUT2D eigenvalue weighted by molar-refractivity contribution is 0.102. The molecule has 110 valence electrons. The van der Waals surface area contributed by atoms with Gasteiger partial charge in [-0.3, -0.25) is 4.79 Å². The van der Waals surface area contributed by atoms with Gasteiger partial charge in [-0.25, -0.2) is 9.37 Å². The lowest BCUT2D eigenvalue weighted by Gasteiger charge is -2.12. The molecule has 2 rings (SSSR count). The number of pyridine rings is 1. The Morgan fingerprint density at radius 3 is 2.81 bits per heavy atom. The molecule has 0 bridgehead atoms. The molecular weight excluding hydrogens is 293 g/mol. The van der Waals surface area contributed by atoms with E-state index >= 15 is 0 Å². The number of halogens is 2. The van der Waals surface area contributed by atoms with Crippen LogP contribution in [-0.4, -0.2) is 17.4 Å². The molecule has 4 nitrogen and oxygen atoms in total. The van der Waals surface area contributed by atoms with Gasteiger partial charge in [-0.1, -0.05) is 23.7 Å². The van der Waals surface area contributed by atoms with Crippen LogP contribution in [-0.2, 0) is 0 Å². The monoisotopic (exact) mass is 307 g/mol. The molecule has 2 N–H and O–H groups in total. The highest BCUT2D eigenvalue weighted by Gasteiger charge is 2.17. The van der Waals surface area contributed by atoms with E-state index in [4.69, 9.17) is 11.6 Å². The fourth-order valence-corrected chi connectivity index (χ4v) is 2.15. The molecule has 0 aliphatic carbocycles. The number of nitrogens with zero attached hydrogens (tertiary/aromatic N) is 1.